The number of carbonyl (C=O) groups is 1. The van der Waals surface area contributed by atoms with Gasteiger partial charge in [0.25, 0.3) is 5.95 Å². The van der Waals surface area contributed by atoms with Gasteiger partial charge in [0.1, 0.15) is 0 Å². The fraction of sp³-hybridized carbons (Fsp3) is 0.600. The van der Waals surface area contributed by atoms with Crippen molar-refractivity contribution in [3.8, 4) is 6.01 Å². The fourth-order valence-electron chi connectivity index (χ4n) is 1.24. The average Bonchev–Trinajstić information content (AvgIpc) is 2.34. The average molecular weight is 254 g/mol. The number of carbonyl (C=O) groups excluding carboxylic acids is 1. The molecule has 0 unspecified atom stereocenters. The number of rotatable bonds is 5. The topological polar surface area (TPSA) is 92.3 Å². The molecule has 0 saturated heterocycles. The third kappa shape index (κ3) is 3.44. The Hall–Kier alpha value is -2.12. The summed E-state index contributed by atoms with van der Waals surface area (Å²) in [4.78, 5) is 23.4. The second-order valence-corrected chi connectivity index (χ2v) is 3.83. The van der Waals surface area contributed by atoms with Crippen LogP contribution in [0.15, 0.2) is 0 Å². The number of anilines is 2. The number of amides is 1. The van der Waals surface area contributed by atoms with Crippen LogP contribution in [0.25, 0.3) is 0 Å². The molecule has 1 heterocycles. The van der Waals surface area contributed by atoms with Gasteiger partial charge in [-0.2, -0.15) is 15.0 Å². The molecule has 0 aliphatic heterocycles. The summed E-state index contributed by atoms with van der Waals surface area (Å²) < 4.78 is 4.99. The first-order valence-electron chi connectivity index (χ1n) is 5.52. The Morgan fingerprint density at radius 1 is 1.33 bits per heavy atom. The van der Waals surface area contributed by atoms with E-state index in [1.165, 1.54) is 14.0 Å². The Bertz CT molecular complexity index is 401. The lowest BCUT2D eigenvalue weighted by Crippen LogP contribution is -2.46. The molecule has 0 atom stereocenters. The maximum atomic E-state index is 11.2. The number of hydrogen-bond acceptors (Lipinski definition) is 7. The van der Waals surface area contributed by atoms with E-state index >= 15 is 0 Å². The van der Waals surface area contributed by atoms with Gasteiger partial charge >= 0.3 is 6.01 Å². The van der Waals surface area contributed by atoms with Gasteiger partial charge in [-0.25, -0.2) is 5.01 Å². The zero-order chi connectivity index (χ0) is 13.7. The highest BCUT2D eigenvalue weighted by atomic mass is 16.5. The molecule has 1 aromatic rings. The van der Waals surface area contributed by atoms with Crippen molar-refractivity contribution in [1.29, 1.82) is 0 Å². The van der Waals surface area contributed by atoms with E-state index in [4.69, 9.17) is 4.74 Å². The van der Waals surface area contributed by atoms with Crippen LogP contribution in [0.5, 0.6) is 6.01 Å². The number of nitrogens with zero attached hydrogens (tertiary/aromatic N) is 4. The van der Waals surface area contributed by atoms with Crippen molar-refractivity contribution in [2.45, 2.75) is 26.8 Å². The first-order chi connectivity index (χ1) is 8.47. The molecule has 0 radical (unpaired) electrons. The number of nitrogens with one attached hydrogen (secondary N) is 2. The first-order valence-corrected chi connectivity index (χ1v) is 5.52. The van der Waals surface area contributed by atoms with Crippen LogP contribution in [0.3, 0.4) is 0 Å². The minimum Gasteiger partial charge on any atom is -0.467 e. The van der Waals surface area contributed by atoms with E-state index < -0.39 is 0 Å². The van der Waals surface area contributed by atoms with Gasteiger partial charge < -0.3 is 10.1 Å². The van der Waals surface area contributed by atoms with Crippen LogP contribution in [0.2, 0.25) is 0 Å². The van der Waals surface area contributed by atoms with E-state index in [1.54, 1.807) is 12.1 Å². The monoisotopic (exact) mass is 254 g/mol. The Kier molecular flexibility index (Phi) is 4.64. The SMILES string of the molecule is CNc1nc(OC)nc(N(NC(C)=O)C(C)C)n1. The largest absolute Gasteiger partial charge is 0.467 e. The standard InChI is InChI=1S/C10H18N6O2/c1-6(2)16(15-7(3)17)9-12-8(11-4)13-10(14-9)18-5/h6H,1-5H3,(H,15,17)(H,11,12,13,14). The van der Waals surface area contributed by atoms with E-state index in [0.717, 1.165) is 0 Å². The Morgan fingerprint density at radius 2 is 2.00 bits per heavy atom. The first kappa shape index (κ1) is 13.9. The van der Waals surface area contributed by atoms with Crippen LogP contribution in [0.4, 0.5) is 11.9 Å². The Balaban J connectivity index is 3.13. The molecule has 1 aromatic heterocycles. The molecule has 100 valence electrons. The van der Waals surface area contributed by atoms with E-state index in [2.05, 4.69) is 25.7 Å². The van der Waals surface area contributed by atoms with Gasteiger partial charge in [-0.05, 0) is 13.8 Å². The van der Waals surface area contributed by atoms with Crippen LogP contribution >= 0.6 is 0 Å². The zero-order valence-electron chi connectivity index (χ0n) is 11.2. The number of hydrogen-bond donors (Lipinski definition) is 2. The molecular weight excluding hydrogens is 236 g/mol. The molecule has 0 spiro atoms. The van der Waals surface area contributed by atoms with Crippen molar-refractivity contribution >= 4 is 17.8 Å². The summed E-state index contributed by atoms with van der Waals surface area (Å²) >= 11 is 0. The molecule has 1 amide bonds. The molecule has 0 aliphatic rings. The van der Waals surface area contributed by atoms with Gasteiger partial charge in [0.05, 0.1) is 7.11 Å². The summed E-state index contributed by atoms with van der Waals surface area (Å²) in [7, 11) is 3.16. The highest BCUT2D eigenvalue weighted by Crippen LogP contribution is 2.15. The minimum atomic E-state index is -0.200. The van der Waals surface area contributed by atoms with Gasteiger partial charge in [-0.3, -0.25) is 10.2 Å². The zero-order valence-corrected chi connectivity index (χ0v) is 11.2. The predicted molar refractivity (Wildman–Crippen MR) is 67.4 cm³/mol. The van der Waals surface area contributed by atoms with Crippen LogP contribution in [0.1, 0.15) is 20.8 Å². The number of ether oxygens (including phenoxy) is 1. The van der Waals surface area contributed by atoms with Crippen LogP contribution < -0.4 is 20.5 Å². The third-order valence-corrected chi connectivity index (χ3v) is 2.02. The summed E-state index contributed by atoms with van der Waals surface area (Å²) in [5.74, 6) is 0.485. The van der Waals surface area contributed by atoms with Gasteiger partial charge in [-0.1, -0.05) is 0 Å². The van der Waals surface area contributed by atoms with Crippen molar-refractivity contribution in [2.75, 3.05) is 24.5 Å². The molecular formula is C10H18N6O2. The summed E-state index contributed by atoms with van der Waals surface area (Å²) in [5.41, 5.74) is 2.66. The lowest BCUT2D eigenvalue weighted by Gasteiger charge is -2.26. The van der Waals surface area contributed by atoms with Crippen LogP contribution in [0, 0.1) is 0 Å². The maximum absolute atomic E-state index is 11.2. The second-order valence-electron chi connectivity index (χ2n) is 3.83. The quantitative estimate of drug-likeness (QED) is 0.724. The van der Waals surface area contributed by atoms with E-state index in [-0.39, 0.29) is 18.0 Å². The summed E-state index contributed by atoms with van der Waals surface area (Å²) in [6.45, 7) is 5.24. The van der Waals surface area contributed by atoms with Crippen molar-refractivity contribution in [1.82, 2.24) is 20.4 Å². The molecule has 8 nitrogen and oxygen atoms in total. The second kappa shape index (κ2) is 5.99. The summed E-state index contributed by atoms with van der Waals surface area (Å²) in [5, 5.41) is 4.36. The van der Waals surface area contributed by atoms with Crippen LogP contribution in [-0.4, -0.2) is 41.1 Å². The molecule has 2 N–H and O–H groups in total. The van der Waals surface area contributed by atoms with Gasteiger partial charge in [0, 0.05) is 20.0 Å². The lowest BCUT2D eigenvalue weighted by atomic mass is 10.4. The van der Waals surface area contributed by atoms with Crippen molar-refractivity contribution in [3.05, 3.63) is 0 Å². The molecule has 0 fully saturated rings. The molecule has 8 heteroatoms. The predicted octanol–water partition coefficient (Wildman–Crippen LogP) is 0.188. The molecule has 0 bridgehead atoms. The van der Waals surface area contributed by atoms with E-state index in [0.29, 0.717) is 11.9 Å². The molecule has 18 heavy (non-hydrogen) atoms. The molecule has 0 aromatic carbocycles. The van der Waals surface area contributed by atoms with Crippen molar-refractivity contribution in [2.24, 2.45) is 0 Å². The number of hydrazine groups is 1. The van der Waals surface area contributed by atoms with Gasteiger partial charge in [-0.15, -0.1) is 0 Å². The van der Waals surface area contributed by atoms with Crippen molar-refractivity contribution in [3.63, 3.8) is 0 Å². The molecule has 1 rings (SSSR count). The Morgan fingerprint density at radius 3 is 2.44 bits per heavy atom. The van der Waals surface area contributed by atoms with Crippen LogP contribution in [-0.2, 0) is 4.79 Å². The van der Waals surface area contributed by atoms with E-state index in [9.17, 15) is 4.79 Å². The van der Waals surface area contributed by atoms with Gasteiger partial charge in [0.15, 0.2) is 0 Å². The normalized spacial score (nSPS) is 10.1. The smallest absolute Gasteiger partial charge is 0.322 e. The fourth-order valence-corrected chi connectivity index (χ4v) is 1.24. The lowest BCUT2D eigenvalue weighted by molar-refractivity contribution is -0.119. The van der Waals surface area contributed by atoms with Gasteiger partial charge in [0.2, 0.25) is 11.9 Å². The summed E-state index contributed by atoms with van der Waals surface area (Å²) in [6.07, 6.45) is 0. The molecule has 0 saturated carbocycles. The number of methoxy groups -OCH3 is 1. The third-order valence-electron chi connectivity index (χ3n) is 2.02. The summed E-state index contributed by atoms with van der Waals surface area (Å²) in [6, 6.07) is 0.172. The Labute approximate surface area is 106 Å². The van der Waals surface area contributed by atoms with Crippen molar-refractivity contribution < 1.29 is 9.53 Å². The number of aromatic nitrogens is 3. The highest BCUT2D eigenvalue weighted by molar-refractivity contribution is 5.74. The maximum Gasteiger partial charge on any atom is 0.322 e. The minimum absolute atomic E-state index is 0.00860. The van der Waals surface area contributed by atoms with E-state index in [1.807, 2.05) is 13.8 Å². The molecule has 0 aliphatic carbocycles. The highest BCUT2D eigenvalue weighted by Gasteiger charge is 2.17.